The van der Waals surface area contributed by atoms with Gasteiger partial charge in [-0.2, -0.15) is 5.10 Å². The van der Waals surface area contributed by atoms with Crippen molar-refractivity contribution in [1.29, 1.82) is 0 Å². The highest BCUT2D eigenvalue weighted by Crippen LogP contribution is 2.24. The summed E-state index contributed by atoms with van der Waals surface area (Å²) in [4.78, 5) is 30.3. The van der Waals surface area contributed by atoms with E-state index in [1.165, 1.54) is 0 Å². The van der Waals surface area contributed by atoms with Crippen molar-refractivity contribution < 1.29 is 4.79 Å². The van der Waals surface area contributed by atoms with Gasteiger partial charge in [0.25, 0.3) is 5.91 Å². The molecule has 5 rings (SSSR count). The molecule has 28 heavy (non-hydrogen) atoms. The van der Waals surface area contributed by atoms with Gasteiger partial charge in [0, 0.05) is 43.8 Å². The molecule has 1 fully saturated rings. The van der Waals surface area contributed by atoms with Crippen LogP contribution in [0.25, 0.3) is 16.6 Å². The van der Waals surface area contributed by atoms with Crippen molar-refractivity contribution in [3.8, 4) is 0 Å². The van der Waals surface area contributed by atoms with Crippen LogP contribution in [0.1, 0.15) is 16.1 Å². The number of hydrogen-bond donors (Lipinski definition) is 0. The number of amides is 1. The summed E-state index contributed by atoms with van der Waals surface area (Å²) in [7, 11) is 0. The number of carbonyl (C=O) groups excluding carboxylic acids is 1. The lowest BCUT2D eigenvalue weighted by Gasteiger charge is -2.36. The summed E-state index contributed by atoms with van der Waals surface area (Å²) >= 11 is 0. The molecule has 4 heterocycles. The van der Waals surface area contributed by atoms with Crippen LogP contribution < -0.4 is 4.90 Å². The zero-order valence-corrected chi connectivity index (χ0v) is 15.5. The minimum Gasteiger partial charge on any atom is -0.352 e. The van der Waals surface area contributed by atoms with Gasteiger partial charge < -0.3 is 9.80 Å². The molecule has 0 spiro atoms. The van der Waals surface area contributed by atoms with E-state index in [4.69, 9.17) is 0 Å². The summed E-state index contributed by atoms with van der Waals surface area (Å²) in [5.74, 6) is 0.920. The number of para-hydroxylation sites is 1. The molecule has 0 unspecified atom stereocenters. The van der Waals surface area contributed by atoms with E-state index in [0.29, 0.717) is 18.7 Å². The second-order valence-corrected chi connectivity index (χ2v) is 6.85. The van der Waals surface area contributed by atoms with Gasteiger partial charge in [-0.3, -0.25) is 4.79 Å². The lowest BCUT2D eigenvalue weighted by Crippen LogP contribution is -2.49. The van der Waals surface area contributed by atoms with E-state index in [0.717, 1.165) is 41.2 Å². The largest absolute Gasteiger partial charge is 0.352 e. The number of hydrogen-bond acceptors (Lipinski definition) is 6. The molecule has 3 aromatic heterocycles. The highest BCUT2D eigenvalue weighted by molar-refractivity contribution is 5.95. The van der Waals surface area contributed by atoms with Crippen molar-refractivity contribution in [2.24, 2.45) is 0 Å². The zero-order valence-electron chi connectivity index (χ0n) is 15.5. The number of fused-ring (bicyclic) bond motifs is 2. The Morgan fingerprint density at radius 3 is 2.68 bits per heavy atom. The van der Waals surface area contributed by atoms with Gasteiger partial charge in [-0.05, 0) is 19.1 Å². The first-order valence-electron chi connectivity index (χ1n) is 9.26. The molecule has 8 heteroatoms. The minimum atomic E-state index is -0.00500. The quantitative estimate of drug-likeness (QED) is 0.534. The maximum atomic E-state index is 13.0. The predicted molar refractivity (Wildman–Crippen MR) is 105 cm³/mol. The molecule has 140 valence electrons. The monoisotopic (exact) mass is 373 g/mol. The molecule has 1 aliphatic rings. The highest BCUT2D eigenvalue weighted by Gasteiger charge is 2.25. The summed E-state index contributed by atoms with van der Waals surface area (Å²) < 4.78 is 1.70. The van der Waals surface area contributed by atoms with Crippen molar-refractivity contribution >= 4 is 28.3 Å². The molecule has 1 aromatic carbocycles. The van der Waals surface area contributed by atoms with Gasteiger partial charge in [0.2, 0.25) is 0 Å². The average molecular weight is 373 g/mol. The van der Waals surface area contributed by atoms with E-state index in [-0.39, 0.29) is 5.91 Å². The van der Waals surface area contributed by atoms with E-state index < -0.39 is 0 Å². The minimum absolute atomic E-state index is 0.00500. The van der Waals surface area contributed by atoms with Crippen LogP contribution in [0.3, 0.4) is 0 Å². The average Bonchev–Trinajstić information content (AvgIpc) is 3.23. The first kappa shape index (κ1) is 16.6. The lowest BCUT2D eigenvalue weighted by molar-refractivity contribution is 0.0744. The number of rotatable bonds is 2. The number of carbonyl (C=O) groups is 1. The highest BCUT2D eigenvalue weighted by atomic mass is 16.2. The fourth-order valence-electron chi connectivity index (χ4n) is 3.74. The molecule has 8 nitrogen and oxygen atoms in total. The Hall–Kier alpha value is -3.55. The van der Waals surface area contributed by atoms with E-state index in [2.05, 4.69) is 25.0 Å². The molecule has 0 saturated carbocycles. The molecule has 0 bridgehead atoms. The van der Waals surface area contributed by atoms with Crippen molar-refractivity contribution in [3.05, 3.63) is 60.3 Å². The van der Waals surface area contributed by atoms with Gasteiger partial charge in [-0.1, -0.05) is 12.1 Å². The Labute approximate surface area is 161 Å². The standard InChI is InChI=1S/C20H19N7O/c1-14-16(12-21-18-6-7-24-27(14)18)20(28)26-10-8-25(9-11-26)19-15-4-2-3-5-17(15)22-13-23-19/h2-7,12-13H,8-11H2,1H3. The van der Waals surface area contributed by atoms with E-state index >= 15 is 0 Å². The summed E-state index contributed by atoms with van der Waals surface area (Å²) in [6.07, 6.45) is 4.94. The van der Waals surface area contributed by atoms with Crippen LogP contribution in [-0.2, 0) is 0 Å². The van der Waals surface area contributed by atoms with Crippen LogP contribution in [0.5, 0.6) is 0 Å². The van der Waals surface area contributed by atoms with Crippen LogP contribution in [0.15, 0.2) is 49.1 Å². The summed E-state index contributed by atoms with van der Waals surface area (Å²) in [6, 6.07) is 9.82. The van der Waals surface area contributed by atoms with Crippen LogP contribution in [0.4, 0.5) is 5.82 Å². The fraction of sp³-hybridized carbons (Fsp3) is 0.250. The molecule has 0 aliphatic carbocycles. The zero-order chi connectivity index (χ0) is 19.1. The summed E-state index contributed by atoms with van der Waals surface area (Å²) in [5, 5.41) is 5.28. The molecular formula is C20H19N7O. The molecule has 0 radical (unpaired) electrons. The number of benzene rings is 1. The number of aromatic nitrogens is 5. The van der Waals surface area contributed by atoms with Gasteiger partial charge in [0.05, 0.1) is 23.0 Å². The maximum Gasteiger partial charge on any atom is 0.257 e. The Bertz CT molecular complexity index is 1170. The molecule has 0 N–H and O–H groups in total. The van der Waals surface area contributed by atoms with Crippen molar-refractivity contribution in [2.75, 3.05) is 31.1 Å². The molecular weight excluding hydrogens is 354 g/mol. The van der Waals surface area contributed by atoms with Crippen molar-refractivity contribution in [1.82, 2.24) is 29.5 Å². The Morgan fingerprint density at radius 2 is 1.82 bits per heavy atom. The van der Waals surface area contributed by atoms with Crippen LogP contribution >= 0.6 is 0 Å². The normalized spacial score (nSPS) is 14.8. The molecule has 1 aliphatic heterocycles. The van der Waals surface area contributed by atoms with Gasteiger partial charge >= 0.3 is 0 Å². The summed E-state index contributed by atoms with van der Waals surface area (Å²) in [6.45, 7) is 4.62. The third kappa shape index (κ3) is 2.65. The Kier molecular flexibility index (Phi) is 3.89. The maximum absolute atomic E-state index is 13.0. The molecule has 4 aromatic rings. The first-order chi connectivity index (χ1) is 13.7. The van der Waals surface area contributed by atoms with Crippen molar-refractivity contribution in [3.63, 3.8) is 0 Å². The van der Waals surface area contributed by atoms with Crippen LogP contribution in [-0.4, -0.2) is 61.6 Å². The number of anilines is 1. The van der Waals surface area contributed by atoms with Gasteiger partial charge in [-0.25, -0.2) is 19.5 Å². The fourth-order valence-corrected chi connectivity index (χ4v) is 3.74. The second kappa shape index (κ2) is 6.56. The summed E-state index contributed by atoms with van der Waals surface area (Å²) in [5.41, 5.74) is 3.08. The van der Waals surface area contributed by atoms with Gasteiger partial charge in [0.1, 0.15) is 12.1 Å². The van der Waals surface area contributed by atoms with Gasteiger partial charge in [0.15, 0.2) is 5.65 Å². The number of aryl methyl sites for hydroxylation is 1. The van der Waals surface area contributed by atoms with E-state index in [1.807, 2.05) is 42.2 Å². The first-order valence-corrected chi connectivity index (χ1v) is 9.26. The topological polar surface area (TPSA) is 79.5 Å². The van der Waals surface area contributed by atoms with Crippen molar-refractivity contribution in [2.45, 2.75) is 6.92 Å². The Morgan fingerprint density at radius 1 is 1.00 bits per heavy atom. The molecule has 0 atom stereocenters. The second-order valence-electron chi connectivity index (χ2n) is 6.85. The van der Waals surface area contributed by atoms with Gasteiger partial charge in [-0.15, -0.1) is 0 Å². The van der Waals surface area contributed by atoms with Crippen LogP contribution in [0, 0.1) is 6.92 Å². The SMILES string of the molecule is Cc1c(C(=O)N2CCN(c3ncnc4ccccc34)CC2)cnc2ccnn12. The Balaban J connectivity index is 1.36. The van der Waals surface area contributed by atoms with E-state index in [1.54, 1.807) is 23.2 Å². The molecule has 1 amide bonds. The number of nitrogens with zero attached hydrogens (tertiary/aromatic N) is 7. The predicted octanol–water partition coefficient (Wildman–Crippen LogP) is 1.94. The smallest absolute Gasteiger partial charge is 0.257 e. The van der Waals surface area contributed by atoms with Crippen LogP contribution in [0.2, 0.25) is 0 Å². The third-order valence-corrected chi connectivity index (χ3v) is 5.27. The lowest BCUT2D eigenvalue weighted by atomic mass is 10.1. The molecule has 1 saturated heterocycles. The van der Waals surface area contributed by atoms with E-state index in [9.17, 15) is 4.79 Å². The third-order valence-electron chi connectivity index (χ3n) is 5.27. The number of piperazine rings is 1.